The van der Waals surface area contributed by atoms with Crippen LogP contribution in [0.15, 0.2) is 35.2 Å². The van der Waals surface area contributed by atoms with E-state index in [-0.39, 0.29) is 17.1 Å². The minimum absolute atomic E-state index is 0.136. The number of amides is 1. The Morgan fingerprint density at radius 2 is 2.10 bits per heavy atom. The van der Waals surface area contributed by atoms with E-state index >= 15 is 0 Å². The summed E-state index contributed by atoms with van der Waals surface area (Å²) >= 11 is 3.13. The Labute approximate surface area is 122 Å². The van der Waals surface area contributed by atoms with Crippen LogP contribution in [0.1, 0.15) is 15.9 Å². The van der Waals surface area contributed by atoms with E-state index in [0.29, 0.717) is 10.2 Å². The van der Waals surface area contributed by atoms with Crippen molar-refractivity contribution in [1.29, 1.82) is 0 Å². The van der Waals surface area contributed by atoms with Crippen LogP contribution in [0.4, 0.5) is 11.5 Å². The van der Waals surface area contributed by atoms with Crippen LogP contribution in [0.5, 0.6) is 0 Å². The number of halogens is 1. The molecule has 0 aliphatic heterocycles. The molecule has 7 nitrogen and oxygen atoms in total. The normalized spacial score (nSPS) is 10.1. The maximum absolute atomic E-state index is 12.1. The lowest BCUT2D eigenvalue weighted by molar-refractivity contribution is -0.384. The monoisotopic (exact) mass is 336 g/mol. The van der Waals surface area contributed by atoms with E-state index in [2.05, 4.69) is 31.2 Å². The van der Waals surface area contributed by atoms with Crippen LogP contribution in [0.3, 0.4) is 0 Å². The highest BCUT2D eigenvalue weighted by Gasteiger charge is 2.15. The van der Waals surface area contributed by atoms with Gasteiger partial charge in [0.2, 0.25) is 0 Å². The average Bonchev–Trinajstić information content (AvgIpc) is 2.41. The van der Waals surface area contributed by atoms with Crippen molar-refractivity contribution < 1.29 is 9.72 Å². The number of carbonyl (C=O) groups excluding carboxylic acids is 1. The number of non-ortho nitro benzene ring substituents is 1. The van der Waals surface area contributed by atoms with E-state index in [1.807, 2.05) is 0 Å². The van der Waals surface area contributed by atoms with Crippen molar-refractivity contribution >= 4 is 33.3 Å². The zero-order valence-corrected chi connectivity index (χ0v) is 11.9. The summed E-state index contributed by atoms with van der Waals surface area (Å²) in [7, 11) is 0. The van der Waals surface area contributed by atoms with Gasteiger partial charge in [0, 0.05) is 17.7 Å². The van der Waals surface area contributed by atoms with Gasteiger partial charge >= 0.3 is 0 Å². The first-order valence-corrected chi connectivity index (χ1v) is 6.30. The number of nitro groups is 1. The van der Waals surface area contributed by atoms with E-state index < -0.39 is 10.8 Å². The van der Waals surface area contributed by atoms with Crippen molar-refractivity contribution in [2.24, 2.45) is 0 Å². The van der Waals surface area contributed by atoms with Gasteiger partial charge in [-0.25, -0.2) is 9.97 Å². The molecule has 0 unspecified atom stereocenters. The summed E-state index contributed by atoms with van der Waals surface area (Å²) in [5, 5.41) is 13.3. The van der Waals surface area contributed by atoms with Gasteiger partial charge in [0.15, 0.2) is 5.82 Å². The number of nitrogens with one attached hydrogen (secondary N) is 1. The molecule has 2 aromatic rings. The fourth-order valence-electron chi connectivity index (χ4n) is 1.53. The smallest absolute Gasteiger partial charge is 0.270 e. The van der Waals surface area contributed by atoms with E-state index in [4.69, 9.17) is 0 Å². The second kappa shape index (κ2) is 5.74. The van der Waals surface area contributed by atoms with Crippen molar-refractivity contribution in [2.75, 3.05) is 5.32 Å². The summed E-state index contributed by atoms with van der Waals surface area (Å²) in [6.07, 6.45) is 2.82. The third kappa shape index (κ3) is 3.15. The fourth-order valence-corrected chi connectivity index (χ4v) is 1.73. The lowest BCUT2D eigenvalue weighted by Crippen LogP contribution is -2.14. The van der Waals surface area contributed by atoms with Crippen LogP contribution in [0.25, 0.3) is 0 Å². The fraction of sp³-hybridized carbons (Fsp3) is 0.0833. The first kappa shape index (κ1) is 14.1. The Morgan fingerprint density at radius 1 is 1.35 bits per heavy atom. The molecule has 1 heterocycles. The zero-order valence-electron chi connectivity index (χ0n) is 10.3. The Morgan fingerprint density at radius 3 is 2.70 bits per heavy atom. The topological polar surface area (TPSA) is 98.0 Å². The highest BCUT2D eigenvalue weighted by atomic mass is 79.9. The molecule has 0 aliphatic carbocycles. The van der Waals surface area contributed by atoms with Gasteiger partial charge in [-0.2, -0.15) is 0 Å². The van der Waals surface area contributed by atoms with Crippen LogP contribution < -0.4 is 5.32 Å². The van der Waals surface area contributed by atoms with Gasteiger partial charge in [0.25, 0.3) is 11.6 Å². The third-order valence-electron chi connectivity index (χ3n) is 2.54. The summed E-state index contributed by atoms with van der Waals surface area (Å²) in [4.78, 5) is 30.1. The van der Waals surface area contributed by atoms with E-state index in [0.717, 1.165) is 0 Å². The lowest BCUT2D eigenvalue weighted by Gasteiger charge is -2.06. The largest absolute Gasteiger partial charge is 0.305 e. The molecule has 1 aromatic carbocycles. The first-order chi connectivity index (χ1) is 9.47. The standard InChI is InChI=1S/C12H9BrN4O3/c1-7-2-3-8(17(19)20)4-9(7)12(18)16-11-6-14-10(13)5-15-11/h2-6H,1H3,(H,15,16,18). The summed E-state index contributed by atoms with van der Waals surface area (Å²) in [6, 6.07) is 4.11. The number of anilines is 1. The zero-order chi connectivity index (χ0) is 14.7. The van der Waals surface area contributed by atoms with E-state index in [1.165, 1.54) is 30.6 Å². The average molecular weight is 337 g/mol. The molecule has 0 bridgehead atoms. The van der Waals surface area contributed by atoms with E-state index in [9.17, 15) is 14.9 Å². The van der Waals surface area contributed by atoms with Gasteiger partial charge in [-0.15, -0.1) is 0 Å². The van der Waals surface area contributed by atoms with Crippen molar-refractivity contribution in [3.63, 3.8) is 0 Å². The minimum Gasteiger partial charge on any atom is -0.305 e. The highest BCUT2D eigenvalue weighted by molar-refractivity contribution is 9.10. The third-order valence-corrected chi connectivity index (χ3v) is 2.95. The number of hydrogen-bond donors (Lipinski definition) is 1. The molecule has 2 rings (SSSR count). The van der Waals surface area contributed by atoms with Crippen molar-refractivity contribution in [2.45, 2.75) is 6.92 Å². The Kier molecular flexibility index (Phi) is 4.04. The van der Waals surface area contributed by atoms with E-state index in [1.54, 1.807) is 6.92 Å². The molecule has 8 heteroatoms. The SMILES string of the molecule is Cc1ccc([N+](=O)[O-])cc1C(=O)Nc1cnc(Br)cn1. The maximum atomic E-state index is 12.1. The summed E-state index contributed by atoms with van der Waals surface area (Å²) in [6.45, 7) is 1.70. The molecule has 0 radical (unpaired) electrons. The van der Waals surface area contributed by atoms with Crippen LogP contribution in [0.2, 0.25) is 0 Å². The molecule has 0 aliphatic rings. The summed E-state index contributed by atoms with van der Waals surface area (Å²) in [5.41, 5.74) is 0.727. The molecule has 1 N–H and O–H groups in total. The predicted octanol–water partition coefficient (Wildman–Crippen LogP) is 2.71. The second-order valence-corrected chi connectivity index (χ2v) is 4.75. The number of hydrogen-bond acceptors (Lipinski definition) is 5. The number of carbonyl (C=O) groups is 1. The predicted molar refractivity (Wildman–Crippen MR) is 75.5 cm³/mol. The number of aromatic nitrogens is 2. The number of benzene rings is 1. The van der Waals surface area contributed by atoms with Crippen molar-refractivity contribution in [3.8, 4) is 0 Å². The molecule has 0 fully saturated rings. The van der Waals surface area contributed by atoms with Gasteiger partial charge in [0.1, 0.15) is 4.60 Å². The van der Waals surface area contributed by atoms with Gasteiger partial charge in [-0.3, -0.25) is 14.9 Å². The molecule has 0 spiro atoms. The van der Waals surface area contributed by atoms with Crippen LogP contribution in [0, 0.1) is 17.0 Å². The van der Waals surface area contributed by atoms with Gasteiger partial charge in [-0.05, 0) is 28.4 Å². The second-order valence-electron chi connectivity index (χ2n) is 3.93. The Bertz CT molecular complexity index is 673. The molecule has 1 aromatic heterocycles. The lowest BCUT2D eigenvalue weighted by atomic mass is 10.1. The molecular formula is C12H9BrN4O3. The Balaban J connectivity index is 2.26. The first-order valence-electron chi connectivity index (χ1n) is 5.51. The maximum Gasteiger partial charge on any atom is 0.270 e. The molecule has 0 atom stereocenters. The number of aryl methyl sites for hydroxylation is 1. The van der Waals surface area contributed by atoms with Crippen LogP contribution in [-0.2, 0) is 0 Å². The number of nitro benzene ring substituents is 1. The molecular weight excluding hydrogens is 328 g/mol. The minimum atomic E-state index is -0.546. The molecule has 0 saturated heterocycles. The highest BCUT2D eigenvalue weighted by Crippen LogP contribution is 2.18. The molecule has 0 saturated carbocycles. The van der Waals surface area contributed by atoms with Crippen LogP contribution >= 0.6 is 15.9 Å². The molecule has 1 amide bonds. The number of rotatable bonds is 3. The Hall–Kier alpha value is -2.35. The van der Waals surface area contributed by atoms with Gasteiger partial charge in [0.05, 0.1) is 17.3 Å². The summed E-state index contributed by atoms with van der Waals surface area (Å²) < 4.78 is 0.544. The van der Waals surface area contributed by atoms with Crippen molar-refractivity contribution in [3.05, 3.63) is 56.4 Å². The number of nitrogens with zero attached hydrogens (tertiary/aromatic N) is 3. The quantitative estimate of drug-likeness (QED) is 0.686. The summed E-state index contributed by atoms with van der Waals surface area (Å²) in [5.74, 6) is -0.202. The molecule has 20 heavy (non-hydrogen) atoms. The van der Waals surface area contributed by atoms with Crippen molar-refractivity contribution in [1.82, 2.24) is 9.97 Å². The van der Waals surface area contributed by atoms with Gasteiger partial charge in [-0.1, -0.05) is 6.07 Å². The van der Waals surface area contributed by atoms with Crippen LogP contribution in [-0.4, -0.2) is 20.8 Å². The molecule has 102 valence electrons. The van der Waals surface area contributed by atoms with Gasteiger partial charge < -0.3 is 5.32 Å².